The Hall–Kier alpha value is -7.02. The molecular formula is C57H40. The van der Waals surface area contributed by atoms with Gasteiger partial charge in [-0.1, -0.05) is 202 Å². The van der Waals surface area contributed by atoms with Crippen LogP contribution < -0.4 is 0 Å². The fourth-order valence-electron chi connectivity index (χ4n) is 9.61. The second-order valence-corrected chi connectivity index (χ2v) is 16.0. The topological polar surface area (TPSA) is 0 Å². The molecule has 268 valence electrons. The van der Waals surface area contributed by atoms with Gasteiger partial charge in [0.25, 0.3) is 0 Å². The lowest BCUT2D eigenvalue weighted by molar-refractivity contribution is 0.660. The molecule has 0 saturated carbocycles. The Morgan fingerprint density at radius 2 is 0.789 bits per heavy atom. The first kappa shape index (κ1) is 33.3. The first-order valence-corrected chi connectivity index (χ1v) is 20.0. The quantitative estimate of drug-likeness (QED) is 0.155. The van der Waals surface area contributed by atoms with E-state index in [0.29, 0.717) is 0 Å². The molecule has 0 spiro atoms. The van der Waals surface area contributed by atoms with Gasteiger partial charge in [0.05, 0.1) is 0 Å². The fourth-order valence-corrected chi connectivity index (χ4v) is 9.61. The molecule has 0 amide bonds. The van der Waals surface area contributed by atoms with E-state index in [2.05, 4.69) is 220 Å². The summed E-state index contributed by atoms with van der Waals surface area (Å²) in [6, 6.07) is 76.5. The molecule has 0 aliphatic heterocycles. The van der Waals surface area contributed by atoms with Crippen LogP contribution in [0.2, 0.25) is 0 Å². The standard InChI is InChI=1S/C57H40/c1-57(2)53-23-13-12-19-46(53)47-32-31-44(36-54(47)57)55-49-21-10-11-22-50(49)56(51-33-30-43(35-52(51)55)42-29-26-38-16-6-7-17-41(38)34-42)48-20-9-8-18-45(48)40-27-24-39(25-28-40)37-14-4-3-5-15-37/h3-36H,1-2H3. The largest absolute Gasteiger partial charge is 0.0622 e. The summed E-state index contributed by atoms with van der Waals surface area (Å²) in [6.45, 7) is 4.75. The van der Waals surface area contributed by atoms with Crippen molar-refractivity contribution in [1.82, 2.24) is 0 Å². The van der Waals surface area contributed by atoms with E-state index in [9.17, 15) is 0 Å². The van der Waals surface area contributed by atoms with Crippen LogP contribution >= 0.6 is 0 Å². The van der Waals surface area contributed by atoms with Gasteiger partial charge in [0.15, 0.2) is 0 Å². The van der Waals surface area contributed by atoms with Crippen molar-refractivity contribution < 1.29 is 0 Å². The van der Waals surface area contributed by atoms with Crippen molar-refractivity contribution in [3.63, 3.8) is 0 Å². The van der Waals surface area contributed by atoms with Crippen LogP contribution in [0.4, 0.5) is 0 Å². The van der Waals surface area contributed by atoms with E-state index >= 15 is 0 Å². The Morgan fingerprint density at radius 3 is 1.60 bits per heavy atom. The van der Waals surface area contributed by atoms with Crippen molar-refractivity contribution in [2.75, 3.05) is 0 Å². The minimum Gasteiger partial charge on any atom is -0.0622 e. The molecular weight excluding hydrogens is 685 g/mol. The fraction of sp³-hybridized carbons (Fsp3) is 0.0526. The first-order valence-electron chi connectivity index (χ1n) is 20.0. The first-order chi connectivity index (χ1) is 28.0. The minimum absolute atomic E-state index is 0.0985. The Labute approximate surface area is 334 Å². The van der Waals surface area contributed by atoms with Crippen LogP contribution in [-0.2, 0) is 5.41 Å². The molecule has 0 N–H and O–H groups in total. The Balaban J connectivity index is 1.18. The maximum absolute atomic E-state index is 2.49. The molecule has 0 bridgehead atoms. The van der Waals surface area contributed by atoms with Crippen molar-refractivity contribution in [2.24, 2.45) is 0 Å². The highest BCUT2D eigenvalue weighted by Gasteiger charge is 2.35. The van der Waals surface area contributed by atoms with Gasteiger partial charge in [0.2, 0.25) is 0 Å². The highest BCUT2D eigenvalue weighted by Crippen LogP contribution is 2.52. The number of hydrogen-bond donors (Lipinski definition) is 0. The van der Waals surface area contributed by atoms with Gasteiger partial charge in [-0.05, 0) is 128 Å². The minimum atomic E-state index is -0.0985. The third-order valence-electron chi connectivity index (χ3n) is 12.5. The normalized spacial score (nSPS) is 12.9. The molecule has 1 aliphatic carbocycles. The molecule has 11 rings (SSSR count). The maximum Gasteiger partial charge on any atom is 0.0159 e. The van der Waals surface area contributed by atoms with Crippen LogP contribution in [0.1, 0.15) is 25.0 Å². The molecule has 0 saturated heterocycles. The summed E-state index contributed by atoms with van der Waals surface area (Å²) in [5.41, 5.74) is 17.7. The van der Waals surface area contributed by atoms with E-state index in [1.807, 2.05) is 0 Å². The lowest BCUT2D eigenvalue weighted by Crippen LogP contribution is -2.14. The smallest absolute Gasteiger partial charge is 0.0159 e. The zero-order valence-corrected chi connectivity index (χ0v) is 32.1. The van der Waals surface area contributed by atoms with E-state index < -0.39 is 0 Å². The predicted molar refractivity (Wildman–Crippen MR) is 244 cm³/mol. The van der Waals surface area contributed by atoms with Crippen LogP contribution in [0.5, 0.6) is 0 Å². The molecule has 0 unspecified atom stereocenters. The van der Waals surface area contributed by atoms with Crippen LogP contribution in [0, 0.1) is 0 Å². The van der Waals surface area contributed by atoms with Crippen LogP contribution in [0.15, 0.2) is 206 Å². The number of fused-ring (bicyclic) bond motifs is 6. The van der Waals surface area contributed by atoms with Crippen molar-refractivity contribution >= 4 is 32.3 Å². The summed E-state index contributed by atoms with van der Waals surface area (Å²) in [5.74, 6) is 0. The van der Waals surface area contributed by atoms with E-state index in [1.165, 1.54) is 110 Å². The van der Waals surface area contributed by atoms with Gasteiger partial charge >= 0.3 is 0 Å². The third kappa shape index (κ3) is 5.36. The van der Waals surface area contributed by atoms with Gasteiger partial charge < -0.3 is 0 Å². The Morgan fingerprint density at radius 1 is 0.263 bits per heavy atom. The third-order valence-corrected chi connectivity index (χ3v) is 12.5. The lowest BCUT2D eigenvalue weighted by atomic mass is 9.80. The second kappa shape index (κ2) is 13.0. The van der Waals surface area contributed by atoms with Gasteiger partial charge in [0.1, 0.15) is 0 Å². The van der Waals surface area contributed by atoms with Gasteiger partial charge in [-0.2, -0.15) is 0 Å². The summed E-state index contributed by atoms with van der Waals surface area (Å²) in [7, 11) is 0. The summed E-state index contributed by atoms with van der Waals surface area (Å²) in [5, 5.41) is 7.54. The molecule has 0 nitrogen and oxygen atoms in total. The molecule has 0 fully saturated rings. The molecule has 0 radical (unpaired) electrons. The molecule has 0 aromatic heterocycles. The van der Waals surface area contributed by atoms with Gasteiger partial charge in [-0.15, -0.1) is 0 Å². The summed E-state index contributed by atoms with van der Waals surface area (Å²) in [6.07, 6.45) is 0. The van der Waals surface area contributed by atoms with Crippen molar-refractivity contribution in [2.45, 2.75) is 19.3 Å². The molecule has 0 heterocycles. The van der Waals surface area contributed by atoms with E-state index in [0.717, 1.165) is 0 Å². The summed E-state index contributed by atoms with van der Waals surface area (Å²) >= 11 is 0. The van der Waals surface area contributed by atoms with E-state index in [-0.39, 0.29) is 5.41 Å². The van der Waals surface area contributed by atoms with Crippen LogP contribution in [-0.4, -0.2) is 0 Å². The highest BCUT2D eigenvalue weighted by molar-refractivity contribution is 6.23. The van der Waals surface area contributed by atoms with Crippen molar-refractivity contribution in [1.29, 1.82) is 0 Å². The predicted octanol–water partition coefficient (Wildman–Crippen LogP) is 15.8. The van der Waals surface area contributed by atoms with Crippen LogP contribution in [0.25, 0.3) is 99.1 Å². The van der Waals surface area contributed by atoms with Gasteiger partial charge in [0, 0.05) is 5.41 Å². The molecule has 10 aromatic carbocycles. The molecule has 0 atom stereocenters. The molecule has 10 aromatic rings. The Bertz CT molecular complexity index is 3180. The highest BCUT2D eigenvalue weighted by atomic mass is 14.4. The van der Waals surface area contributed by atoms with Crippen molar-refractivity contribution in [3.8, 4) is 66.8 Å². The van der Waals surface area contributed by atoms with E-state index in [4.69, 9.17) is 0 Å². The SMILES string of the molecule is CC1(C)c2ccccc2-c2ccc(-c3c4ccccc4c(-c4ccccc4-c4ccc(-c5ccccc5)cc4)c4ccc(-c5ccc6ccccc6c5)cc34)cc21. The van der Waals surface area contributed by atoms with Crippen molar-refractivity contribution in [3.05, 3.63) is 217 Å². The molecule has 57 heavy (non-hydrogen) atoms. The van der Waals surface area contributed by atoms with Crippen LogP contribution in [0.3, 0.4) is 0 Å². The monoisotopic (exact) mass is 724 g/mol. The van der Waals surface area contributed by atoms with E-state index in [1.54, 1.807) is 0 Å². The zero-order valence-electron chi connectivity index (χ0n) is 32.1. The summed E-state index contributed by atoms with van der Waals surface area (Å²) < 4.78 is 0. The Kier molecular flexibility index (Phi) is 7.63. The molecule has 1 aliphatic rings. The number of hydrogen-bond acceptors (Lipinski definition) is 0. The second-order valence-electron chi connectivity index (χ2n) is 16.0. The molecule has 0 heteroatoms. The van der Waals surface area contributed by atoms with Gasteiger partial charge in [-0.3, -0.25) is 0 Å². The summed E-state index contributed by atoms with van der Waals surface area (Å²) in [4.78, 5) is 0. The maximum atomic E-state index is 2.49. The zero-order chi connectivity index (χ0) is 38.1. The lowest BCUT2D eigenvalue weighted by Gasteiger charge is -2.23. The van der Waals surface area contributed by atoms with Gasteiger partial charge in [-0.25, -0.2) is 0 Å². The average Bonchev–Trinajstić information content (AvgIpc) is 3.50. The average molecular weight is 725 g/mol. The number of benzene rings is 10. The number of rotatable bonds is 5.